The average molecular weight is 458 g/mol. The van der Waals surface area contributed by atoms with Gasteiger partial charge >= 0.3 is 0 Å². The third-order valence-electron chi connectivity index (χ3n) is 7.07. The Morgan fingerprint density at radius 1 is 1.12 bits per heavy atom. The van der Waals surface area contributed by atoms with Gasteiger partial charge in [0.15, 0.2) is 0 Å². The predicted molar refractivity (Wildman–Crippen MR) is 141 cm³/mol. The number of hydrogen-bond donors (Lipinski definition) is 1. The van der Waals surface area contributed by atoms with Crippen LogP contribution in [0, 0.1) is 12.8 Å². The van der Waals surface area contributed by atoms with E-state index >= 15 is 0 Å². The van der Waals surface area contributed by atoms with Gasteiger partial charge in [0.2, 0.25) is 0 Å². The lowest BCUT2D eigenvalue weighted by Gasteiger charge is -2.26. The minimum Gasteiger partial charge on any atom is -0.352 e. The van der Waals surface area contributed by atoms with Gasteiger partial charge in [0.05, 0.1) is 0 Å². The van der Waals surface area contributed by atoms with Crippen molar-refractivity contribution in [3.63, 3.8) is 0 Å². The highest BCUT2D eigenvalue weighted by molar-refractivity contribution is 5.94. The van der Waals surface area contributed by atoms with Crippen LogP contribution in [-0.2, 0) is 19.4 Å². The zero-order chi connectivity index (χ0) is 24.1. The fraction of sp³-hybridized carbons (Fsp3) is 0.433. The molecule has 0 unspecified atom stereocenters. The zero-order valence-electron chi connectivity index (χ0n) is 21.2. The lowest BCUT2D eigenvalue weighted by atomic mass is 9.89. The van der Waals surface area contributed by atoms with E-state index in [-0.39, 0.29) is 5.91 Å². The maximum Gasteiger partial charge on any atom is 0.251 e. The van der Waals surface area contributed by atoms with E-state index in [1.807, 2.05) is 12.1 Å². The van der Waals surface area contributed by atoms with E-state index in [1.165, 1.54) is 35.4 Å². The lowest BCUT2D eigenvalue weighted by molar-refractivity contribution is 0.0950. The second kappa shape index (κ2) is 11.1. The molecule has 1 atom stereocenters. The first-order valence-electron chi connectivity index (χ1n) is 12.8. The molecule has 0 saturated heterocycles. The summed E-state index contributed by atoms with van der Waals surface area (Å²) in [7, 11) is 0. The molecule has 180 valence electrons. The fourth-order valence-electron chi connectivity index (χ4n) is 5.11. The highest BCUT2D eigenvalue weighted by Gasteiger charge is 2.21. The summed E-state index contributed by atoms with van der Waals surface area (Å²) >= 11 is 0. The van der Waals surface area contributed by atoms with Crippen LogP contribution in [0.4, 0.5) is 0 Å². The molecule has 1 heterocycles. The largest absolute Gasteiger partial charge is 0.352 e. The van der Waals surface area contributed by atoms with Crippen LogP contribution < -0.4 is 5.32 Å². The van der Waals surface area contributed by atoms with Crippen molar-refractivity contribution in [3.8, 4) is 5.69 Å². The van der Waals surface area contributed by atoms with E-state index in [0.29, 0.717) is 12.6 Å². The first-order valence-corrected chi connectivity index (χ1v) is 12.8. The van der Waals surface area contributed by atoms with Gasteiger partial charge in [0.1, 0.15) is 0 Å². The Morgan fingerprint density at radius 3 is 2.56 bits per heavy atom. The van der Waals surface area contributed by atoms with E-state index < -0.39 is 0 Å². The average Bonchev–Trinajstić information content (AvgIpc) is 3.16. The molecule has 34 heavy (non-hydrogen) atoms. The number of aromatic nitrogens is 1. The van der Waals surface area contributed by atoms with Gasteiger partial charge in [-0.05, 0) is 93.8 Å². The number of rotatable bonds is 9. The molecule has 0 bridgehead atoms. The van der Waals surface area contributed by atoms with Crippen molar-refractivity contribution in [2.45, 2.75) is 66.0 Å². The number of hydrogen-bond acceptors (Lipinski definition) is 2. The number of aryl methyl sites for hydroxylation is 1. The molecule has 1 N–H and O–H groups in total. The van der Waals surface area contributed by atoms with Gasteiger partial charge in [-0.15, -0.1) is 0 Å². The molecule has 0 fully saturated rings. The summed E-state index contributed by atoms with van der Waals surface area (Å²) in [5, 5.41) is 3.11. The topological polar surface area (TPSA) is 37.3 Å². The molecule has 4 heteroatoms. The highest BCUT2D eigenvalue weighted by Crippen LogP contribution is 2.30. The highest BCUT2D eigenvalue weighted by atomic mass is 16.1. The van der Waals surface area contributed by atoms with Crippen molar-refractivity contribution in [2.75, 3.05) is 13.1 Å². The number of carbonyl (C=O) groups excluding carboxylic acids is 1. The number of nitrogens with zero attached hydrogens (tertiary/aromatic N) is 2. The Bertz CT molecular complexity index is 1080. The summed E-state index contributed by atoms with van der Waals surface area (Å²) in [6.45, 7) is 11.6. The van der Waals surface area contributed by atoms with Crippen molar-refractivity contribution in [1.29, 1.82) is 0 Å². The summed E-state index contributed by atoms with van der Waals surface area (Å²) in [5.74, 6) is 0.769. The van der Waals surface area contributed by atoms with Crippen molar-refractivity contribution >= 4 is 5.91 Å². The second-order valence-corrected chi connectivity index (χ2v) is 10.1. The van der Waals surface area contributed by atoms with Gasteiger partial charge in [-0.1, -0.05) is 37.3 Å². The molecule has 1 aliphatic carbocycles. The van der Waals surface area contributed by atoms with Crippen LogP contribution in [0.5, 0.6) is 0 Å². The van der Waals surface area contributed by atoms with Crippen LogP contribution >= 0.6 is 0 Å². The van der Waals surface area contributed by atoms with Crippen molar-refractivity contribution in [3.05, 3.63) is 88.7 Å². The maximum atomic E-state index is 12.7. The van der Waals surface area contributed by atoms with Crippen LogP contribution in [-0.4, -0.2) is 34.5 Å². The predicted octanol–water partition coefficient (Wildman–Crippen LogP) is 5.94. The van der Waals surface area contributed by atoms with Crippen molar-refractivity contribution in [1.82, 2.24) is 14.8 Å². The zero-order valence-corrected chi connectivity index (χ0v) is 21.2. The minimum atomic E-state index is 0.00536. The van der Waals surface area contributed by atoms with Gasteiger partial charge in [-0.3, -0.25) is 9.69 Å². The summed E-state index contributed by atoms with van der Waals surface area (Å²) in [5.41, 5.74) is 7.41. The van der Waals surface area contributed by atoms with Crippen molar-refractivity contribution < 1.29 is 4.79 Å². The van der Waals surface area contributed by atoms with Gasteiger partial charge < -0.3 is 9.88 Å². The molecule has 3 aromatic rings. The molecule has 2 aromatic carbocycles. The monoisotopic (exact) mass is 457 g/mol. The molecular formula is C30H39N3O. The maximum absolute atomic E-state index is 12.7. The number of amides is 1. The molecule has 4 rings (SSSR count). The summed E-state index contributed by atoms with van der Waals surface area (Å²) < 4.78 is 2.37. The number of fused-ring (bicyclic) bond motifs is 1. The Morgan fingerprint density at radius 2 is 1.85 bits per heavy atom. The molecule has 0 aliphatic heterocycles. The Labute approximate surface area is 205 Å². The quantitative estimate of drug-likeness (QED) is 0.404. The Hall–Kier alpha value is -2.85. The standard InChI is InChI=1S/C30H39N3O/c1-22(2)32(21-25-9-6-5-7-10-25)18-8-17-31-30(34)26-12-14-28(15-13-26)33-24(4)20-27-19-23(3)11-16-29(27)33/h5-7,9-10,12-15,20,22-23H,8,11,16-19,21H2,1-4H3,(H,31,34)/t23-/m0/s1. The smallest absolute Gasteiger partial charge is 0.251 e. The van der Waals surface area contributed by atoms with Crippen LogP contribution in [0.1, 0.15) is 66.5 Å². The van der Waals surface area contributed by atoms with Crippen LogP contribution in [0.15, 0.2) is 60.7 Å². The second-order valence-electron chi connectivity index (χ2n) is 10.1. The van der Waals surface area contributed by atoms with Gasteiger partial charge in [0, 0.05) is 48.3 Å². The number of nitrogens with one attached hydrogen (secondary N) is 1. The summed E-state index contributed by atoms with van der Waals surface area (Å²) in [6.07, 6.45) is 4.48. The first kappa shape index (κ1) is 24.3. The van der Waals surface area contributed by atoms with E-state index in [4.69, 9.17) is 0 Å². The van der Waals surface area contributed by atoms with E-state index in [1.54, 1.807) is 0 Å². The van der Waals surface area contributed by atoms with E-state index in [9.17, 15) is 4.79 Å². The first-order chi connectivity index (χ1) is 16.4. The lowest BCUT2D eigenvalue weighted by Crippen LogP contribution is -2.34. The molecule has 0 radical (unpaired) electrons. The van der Waals surface area contributed by atoms with E-state index in [0.717, 1.165) is 43.1 Å². The molecule has 4 nitrogen and oxygen atoms in total. The van der Waals surface area contributed by atoms with Crippen LogP contribution in [0.3, 0.4) is 0 Å². The minimum absolute atomic E-state index is 0.00536. The number of carbonyl (C=O) groups is 1. The summed E-state index contributed by atoms with van der Waals surface area (Å²) in [6, 6.07) is 21.5. The normalized spacial score (nSPS) is 15.5. The summed E-state index contributed by atoms with van der Waals surface area (Å²) in [4.78, 5) is 15.2. The molecule has 0 saturated carbocycles. The fourth-order valence-corrected chi connectivity index (χ4v) is 5.11. The molecule has 1 amide bonds. The van der Waals surface area contributed by atoms with Gasteiger partial charge in [-0.2, -0.15) is 0 Å². The van der Waals surface area contributed by atoms with Gasteiger partial charge in [-0.25, -0.2) is 0 Å². The SMILES string of the molecule is Cc1cc2c(n1-c1ccc(C(=O)NCCCN(Cc3ccccc3)C(C)C)cc1)CC[C@H](C)C2. The van der Waals surface area contributed by atoms with Crippen LogP contribution in [0.2, 0.25) is 0 Å². The number of benzene rings is 2. The molecule has 0 spiro atoms. The Kier molecular flexibility index (Phi) is 7.89. The molecular weight excluding hydrogens is 418 g/mol. The third kappa shape index (κ3) is 5.79. The Balaban J connectivity index is 1.31. The van der Waals surface area contributed by atoms with Crippen molar-refractivity contribution in [2.24, 2.45) is 5.92 Å². The van der Waals surface area contributed by atoms with Crippen LogP contribution in [0.25, 0.3) is 5.69 Å². The third-order valence-corrected chi connectivity index (χ3v) is 7.07. The molecule has 1 aromatic heterocycles. The van der Waals surface area contributed by atoms with E-state index in [2.05, 4.69) is 91.0 Å². The molecule has 1 aliphatic rings. The van der Waals surface area contributed by atoms with Gasteiger partial charge in [0.25, 0.3) is 5.91 Å².